The predicted octanol–water partition coefficient (Wildman–Crippen LogP) is 2.89. The Morgan fingerprint density at radius 3 is 2.44 bits per heavy atom. The quantitative estimate of drug-likeness (QED) is 0.776. The van der Waals surface area contributed by atoms with E-state index in [1.807, 2.05) is 0 Å². The molecule has 0 aliphatic carbocycles. The second-order valence-electron chi connectivity index (χ2n) is 5.13. The van der Waals surface area contributed by atoms with Crippen molar-refractivity contribution >= 4 is 35.1 Å². The summed E-state index contributed by atoms with van der Waals surface area (Å²) in [4.78, 5) is 35.3. The van der Waals surface area contributed by atoms with Crippen LogP contribution in [0.25, 0.3) is 0 Å². The molecule has 0 atom stereocenters. The average molecular weight is 361 g/mol. The van der Waals surface area contributed by atoms with Crippen LogP contribution in [0.2, 0.25) is 5.02 Å². The van der Waals surface area contributed by atoms with E-state index >= 15 is 0 Å². The number of ether oxygens (including phenoxy) is 1. The minimum absolute atomic E-state index is 0.0990. The van der Waals surface area contributed by atoms with Crippen LogP contribution in [0.1, 0.15) is 27.1 Å². The van der Waals surface area contributed by atoms with Crippen molar-refractivity contribution in [1.29, 1.82) is 0 Å². The topological polar surface area (TPSA) is 84.5 Å². The van der Waals surface area contributed by atoms with E-state index in [1.165, 1.54) is 13.2 Å². The van der Waals surface area contributed by atoms with Crippen molar-refractivity contribution in [3.8, 4) is 0 Å². The third-order valence-electron chi connectivity index (χ3n) is 3.31. The molecule has 7 heteroatoms. The lowest BCUT2D eigenvalue weighted by atomic mass is 10.2. The maximum Gasteiger partial charge on any atom is 0.337 e. The molecule has 0 radical (unpaired) electrons. The summed E-state index contributed by atoms with van der Waals surface area (Å²) in [5, 5.41) is 5.87. The smallest absolute Gasteiger partial charge is 0.337 e. The average Bonchev–Trinajstić information content (AvgIpc) is 2.61. The molecule has 0 aromatic heterocycles. The number of hydrogen-bond acceptors (Lipinski definition) is 4. The summed E-state index contributed by atoms with van der Waals surface area (Å²) in [6.45, 7) is 0.185. The predicted molar refractivity (Wildman–Crippen MR) is 94.8 cm³/mol. The summed E-state index contributed by atoms with van der Waals surface area (Å²) in [5.41, 5.74) is 1.30. The molecule has 0 fully saturated rings. The first kappa shape index (κ1) is 18.5. The zero-order valence-corrected chi connectivity index (χ0v) is 14.3. The number of esters is 1. The fourth-order valence-electron chi connectivity index (χ4n) is 2.06. The first-order valence-corrected chi connectivity index (χ1v) is 7.89. The number of hydrogen-bond donors (Lipinski definition) is 2. The molecule has 0 heterocycles. The normalized spacial score (nSPS) is 10.0. The first-order chi connectivity index (χ1) is 12.0. The van der Waals surface area contributed by atoms with Gasteiger partial charge >= 0.3 is 5.97 Å². The molecule has 2 N–H and O–H groups in total. The van der Waals surface area contributed by atoms with Crippen molar-refractivity contribution in [3.63, 3.8) is 0 Å². The molecule has 2 amide bonds. The van der Waals surface area contributed by atoms with E-state index in [2.05, 4.69) is 15.4 Å². The van der Waals surface area contributed by atoms with E-state index in [0.717, 1.165) is 0 Å². The Morgan fingerprint density at radius 1 is 1.04 bits per heavy atom. The molecule has 0 unspecified atom stereocenters. The Hall–Kier alpha value is -2.86. The standard InChI is InChI=1S/C18H17ClN2O4/c1-25-18(24)13-3-2-4-15(11-13)21-16(22)9-10-20-17(23)12-5-7-14(19)8-6-12/h2-8,11H,9-10H2,1H3,(H,20,23)(H,21,22). The summed E-state index contributed by atoms with van der Waals surface area (Å²) >= 11 is 5.77. The van der Waals surface area contributed by atoms with Gasteiger partial charge in [0.15, 0.2) is 0 Å². The van der Waals surface area contributed by atoms with Gasteiger partial charge in [0.1, 0.15) is 0 Å². The molecule has 0 spiro atoms. The summed E-state index contributed by atoms with van der Waals surface area (Å²) in [6.07, 6.45) is 0.0990. The first-order valence-electron chi connectivity index (χ1n) is 7.51. The Bertz CT molecular complexity index is 775. The molecule has 0 aliphatic heterocycles. The Kier molecular flexibility index (Phi) is 6.54. The molecule has 0 bridgehead atoms. The zero-order valence-electron chi connectivity index (χ0n) is 13.5. The van der Waals surface area contributed by atoms with Gasteiger partial charge < -0.3 is 15.4 Å². The van der Waals surface area contributed by atoms with Gasteiger partial charge in [0.05, 0.1) is 12.7 Å². The molecule has 6 nitrogen and oxygen atoms in total. The van der Waals surface area contributed by atoms with E-state index in [4.69, 9.17) is 11.6 Å². The second kappa shape index (κ2) is 8.84. The van der Waals surface area contributed by atoms with Gasteiger partial charge in [0.2, 0.25) is 5.91 Å². The van der Waals surface area contributed by atoms with Gasteiger partial charge in [-0.15, -0.1) is 0 Å². The Balaban J connectivity index is 1.82. The SMILES string of the molecule is COC(=O)c1cccc(NC(=O)CCNC(=O)c2ccc(Cl)cc2)c1. The van der Waals surface area contributed by atoms with Gasteiger partial charge in [0, 0.05) is 29.2 Å². The lowest BCUT2D eigenvalue weighted by Gasteiger charge is -2.08. The lowest BCUT2D eigenvalue weighted by molar-refractivity contribution is -0.116. The molecule has 0 saturated carbocycles. The number of halogens is 1. The van der Waals surface area contributed by atoms with E-state index < -0.39 is 5.97 Å². The van der Waals surface area contributed by atoms with Crippen molar-refractivity contribution in [2.75, 3.05) is 19.0 Å². The monoisotopic (exact) mass is 360 g/mol. The van der Waals surface area contributed by atoms with E-state index in [0.29, 0.717) is 21.8 Å². The number of amides is 2. The van der Waals surface area contributed by atoms with Crippen LogP contribution >= 0.6 is 11.6 Å². The van der Waals surface area contributed by atoms with Crippen LogP contribution in [-0.4, -0.2) is 31.4 Å². The minimum Gasteiger partial charge on any atom is -0.465 e. The number of carbonyl (C=O) groups is 3. The third-order valence-corrected chi connectivity index (χ3v) is 3.56. The highest BCUT2D eigenvalue weighted by Crippen LogP contribution is 2.12. The van der Waals surface area contributed by atoms with E-state index in [9.17, 15) is 14.4 Å². The van der Waals surface area contributed by atoms with Crippen LogP contribution in [0.5, 0.6) is 0 Å². The Labute approximate surface area is 150 Å². The summed E-state index contributed by atoms with van der Waals surface area (Å²) in [6, 6.07) is 12.9. The number of methoxy groups -OCH3 is 1. The van der Waals surface area contributed by atoms with Gasteiger partial charge in [-0.3, -0.25) is 9.59 Å². The fraction of sp³-hybridized carbons (Fsp3) is 0.167. The Morgan fingerprint density at radius 2 is 1.76 bits per heavy atom. The van der Waals surface area contributed by atoms with Crippen LogP contribution in [0, 0.1) is 0 Å². The van der Waals surface area contributed by atoms with Crippen LogP contribution in [0.3, 0.4) is 0 Å². The van der Waals surface area contributed by atoms with Crippen molar-refractivity contribution in [1.82, 2.24) is 5.32 Å². The molecule has 0 saturated heterocycles. The lowest BCUT2D eigenvalue weighted by Crippen LogP contribution is -2.27. The number of anilines is 1. The molecule has 2 aromatic rings. The van der Waals surface area contributed by atoms with Crippen LogP contribution < -0.4 is 10.6 Å². The van der Waals surface area contributed by atoms with Crippen LogP contribution in [-0.2, 0) is 9.53 Å². The second-order valence-corrected chi connectivity index (χ2v) is 5.57. The molecule has 2 rings (SSSR count). The molecule has 130 valence electrons. The van der Waals surface area contributed by atoms with Gasteiger partial charge in [0.25, 0.3) is 5.91 Å². The van der Waals surface area contributed by atoms with Gasteiger partial charge in [-0.25, -0.2) is 4.79 Å². The molecular weight excluding hydrogens is 344 g/mol. The number of nitrogens with one attached hydrogen (secondary N) is 2. The highest BCUT2D eigenvalue weighted by Gasteiger charge is 2.09. The van der Waals surface area contributed by atoms with Gasteiger partial charge in [-0.2, -0.15) is 0 Å². The van der Waals surface area contributed by atoms with Gasteiger partial charge in [-0.1, -0.05) is 17.7 Å². The molecule has 2 aromatic carbocycles. The third kappa shape index (κ3) is 5.61. The van der Waals surface area contributed by atoms with Crippen molar-refractivity contribution in [2.24, 2.45) is 0 Å². The van der Waals surface area contributed by atoms with Crippen LogP contribution in [0.4, 0.5) is 5.69 Å². The largest absolute Gasteiger partial charge is 0.465 e. The van der Waals surface area contributed by atoms with Crippen molar-refractivity contribution in [3.05, 3.63) is 64.7 Å². The van der Waals surface area contributed by atoms with Crippen LogP contribution in [0.15, 0.2) is 48.5 Å². The highest BCUT2D eigenvalue weighted by molar-refractivity contribution is 6.30. The van der Waals surface area contributed by atoms with E-state index in [-0.39, 0.29) is 24.8 Å². The maximum atomic E-state index is 11.9. The van der Waals surface area contributed by atoms with Gasteiger partial charge in [-0.05, 0) is 42.5 Å². The molecular formula is C18H17ClN2O4. The number of benzene rings is 2. The van der Waals surface area contributed by atoms with E-state index in [1.54, 1.807) is 42.5 Å². The highest BCUT2D eigenvalue weighted by atomic mass is 35.5. The molecule has 0 aliphatic rings. The summed E-state index contributed by atoms with van der Waals surface area (Å²) in [5.74, 6) is -1.04. The summed E-state index contributed by atoms with van der Waals surface area (Å²) in [7, 11) is 1.29. The zero-order chi connectivity index (χ0) is 18.2. The molecule has 25 heavy (non-hydrogen) atoms. The maximum absolute atomic E-state index is 11.9. The van der Waals surface area contributed by atoms with Crippen molar-refractivity contribution in [2.45, 2.75) is 6.42 Å². The number of carbonyl (C=O) groups excluding carboxylic acids is 3. The number of rotatable bonds is 6. The minimum atomic E-state index is -0.480. The summed E-state index contributed by atoms with van der Waals surface area (Å²) < 4.78 is 4.63. The fourth-order valence-corrected chi connectivity index (χ4v) is 2.18. The van der Waals surface area contributed by atoms with Crippen molar-refractivity contribution < 1.29 is 19.1 Å².